The van der Waals surface area contributed by atoms with E-state index in [-0.39, 0.29) is 6.17 Å². The van der Waals surface area contributed by atoms with Gasteiger partial charge in [0.15, 0.2) is 11.5 Å². The van der Waals surface area contributed by atoms with E-state index in [1.807, 2.05) is 18.2 Å². The lowest BCUT2D eigenvalue weighted by atomic mass is 10.1. The number of unbranched alkanes of at least 4 members (excludes halogenated alkanes) is 4. The average Bonchev–Trinajstić information content (AvgIpc) is 3.10. The molecular weight excluding hydrogens is 240 g/mol. The van der Waals surface area contributed by atoms with E-state index in [4.69, 9.17) is 16.2 Å². The summed E-state index contributed by atoms with van der Waals surface area (Å²) in [6.07, 6.45) is 7.35. The van der Waals surface area contributed by atoms with Gasteiger partial charge in [-0.15, -0.1) is 0 Å². The molecule has 4 N–H and O–H groups in total. The molecule has 0 aliphatic carbocycles. The minimum atomic E-state index is -0.0957. The highest BCUT2D eigenvalue weighted by atomic mass is 28.1. The Morgan fingerprint density at radius 3 is 2.44 bits per heavy atom. The molecule has 0 saturated heterocycles. The van der Waals surface area contributed by atoms with Crippen LogP contribution in [0.5, 0.6) is 11.5 Å². The van der Waals surface area contributed by atoms with Crippen molar-refractivity contribution in [3.63, 3.8) is 0 Å². The topological polar surface area (TPSA) is 64.6 Å². The number of nitrogens with two attached hydrogens (primary N) is 2. The highest BCUT2D eigenvalue weighted by Gasteiger charge is 2.20. The maximum atomic E-state index is 5.38. The number of fused-ring (bicyclic) bond motifs is 1. The molecule has 1 heterocycles. The largest absolute Gasteiger partial charge is 0.450 e. The van der Waals surface area contributed by atoms with E-state index in [9.17, 15) is 0 Å². The van der Waals surface area contributed by atoms with Crippen LogP contribution in [0.1, 0.15) is 45.4 Å². The lowest BCUT2D eigenvalue weighted by Crippen LogP contribution is -2.29. The number of rotatable bonds is 6. The quantitative estimate of drug-likeness (QED) is 0.363. The molecule has 18 heavy (non-hydrogen) atoms. The van der Waals surface area contributed by atoms with E-state index in [0.29, 0.717) is 0 Å². The maximum Gasteiger partial charge on any atom is 0.169 e. The number of hydrogen-bond donors (Lipinski definition) is 2. The molecule has 3 nitrogen and oxygen atoms in total. The van der Waals surface area contributed by atoms with Gasteiger partial charge in [-0.3, -0.25) is 0 Å². The van der Waals surface area contributed by atoms with Gasteiger partial charge in [0, 0.05) is 0 Å². The van der Waals surface area contributed by atoms with Gasteiger partial charge < -0.3 is 16.2 Å². The maximum absolute atomic E-state index is 5.38. The van der Waals surface area contributed by atoms with Gasteiger partial charge >= 0.3 is 0 Å². The zero-order valence-corrected chi connectivity index (χ0v) is 12.1. The van der Waals surface area contributed by atoms with E-state index in [2.05, 4.69) is 17.2 Å². The minimum absolute atomic E-state index is 0.0957. The molecule has 1 aromatic rings. The van der Waals surface area contributed by atoms with E-state index in [1.165, 1.54) is 32.1 Å². The van der Waals surface area contributed by atoms with Gasteiger partial charge in [-0.25, -0.2) is 0 Å². The minimum Gasteiger partial charge on any atom is -0.450 e. The monoisotopic (exact) mass is 263 g/mol. The Hall–Kier alpha value is -0.843. The van der Waals surface area contributed by atoms with Gasteiger partial charge in [-0.2, -0.15) is 0 Å². The summed E-state index contributed by atoms with van der Waals surface area (Å²) in [7, 11) is 3.37. The van der Waals surface area contributed by atoms with Crippen molar-refractivity contribution in [3.8, 4) is 11.5 Å². The van der Waals surface area contributed by atoms with Crippen LogP contribution in [-0.2, 0) is 0 Å². The SMILES string of the molecule is CCCCCCCC(N)N.[Si]c1cccc2c1O2. The molecule has 1 aromatic carbocycles. The van der Waals surface area contributed by atoms with Gasteiger partial charge in [-0.05, 0) is 17.7 Å². The molecular formula is C14H23N2OSi. The zero-order valence-electron chi connectivity index (χ0n) is 11.1. The molecule has 0 amide bonds. The summed E-state index contributed by atoms with van der Waals surface area (Å²) in [5.74, 6) is 1.99. The van der Waals surface area contributed by atoms with Gasteiger partial charge in [0.05, 0.1) is 16.4 Å². The summed E-state index contributed by atoms with van der Waals surface area (Å²) in [5.41, 5.74) is 10.8. The van der Waals surface area contributed by atoms with E-state index in [0.717, 1.165) is 23.1 Å². The average molecular weight is 263 g/mol. The van der Waals surface area contributed by atoms with E-state index >= 15 is 0 Å². The highest BCUT2D eigenvalue weighted by Crippen LogP contribution is 2.41. The van der Waals surface area contributed by atoms with Gasteiger partial charge in [0.1, 0.15) is 0 Å². The van der Waals surface area contributed by atoms with Gasteiger partial charge in [0.2, 0.25) is 0 Å². The molecule has 4 heteroatoms. The number of para-hydroxylation sites is 1. The summed E-state index contributed by atoms with van der Waals surface area (Å²) in [4.78, 5) is 0. The molecule has 0 bridgehead atoms. The second-order valence-corrected chi connectivity index (χ2v) is 5.14. The standard InChI is InChI=1S/C8H20N2.C6H3OSi/c1-2-3-4-5-6-7-8(9)10;8-5-3-1-2-4-6(5)7-4/h8H,2-7,9-10H2,1H3;1-3H. The van der Waals surface area contributed by atoms with Crippen molar-refractivity contribution in [3.05, 3.63) is 18.2 Å². The van der Waals surface area contributed by atoms with Crippen LogP contribution in [-0.4, -0.2) is 16.4 Å². The molecule has 0 atom stereocenters. The third-order valence-corrected chi connectivity index (χ3v) is 3.18. The van der Waals surface area contributed by atoms with E-state index < -0.39 is 0 Å². The summed E-state index contributed by atoms with van der Waals surface area (Å²) in [6, 6.07) is 5.86. The zero-order chi connectivity index (χ0) is 13.4. The van der Waals surface area contributed by atoms with Crippen molar-refractivity contribution < 1.29 is 4.74 Å². The molecule has 0 spiro atoms. The fourth-order valence-corrected chi connectivity index (χ4v) is 1.94. The Kier molecular flexibility index (Phi) is 7.01. The van der Waals surface area contributed by atoms with Crippen molar-refractivity contribution in [1.82, 2.24) is 0 Å². The third kappa shape index (κ3) is 6.19. The first-order valence-electron chi connectivity index (χ1n) is 6.68. The number of hydrogen-bond acceptors (Lipinski definition) is 3. The van der Waals surface area contributed by atoms with Crippen LogP contribution in [0.3, 0.4) is 0 Å². The lowest BCUT2D eigenvalue weighted by Gasteiger charge is -2.03. The van der Waals surface area contributed by atoms with Crippen LogP contribution in [0.4, 0.5) is 0 Å². The second-order valence-electron chi connectivity index (χ2n) is 4.60. The lowest BCUT2D eigenvalue weighted by molar-refractivity contribution is 0.551. The van der Waals surface area contributed by atoms with Crippen molar-refractivity contribution in [2.75, 3.05) is 0 Å². The van der Waals surface area contributed by atoms with Crippen molar-refractivity contribution in [2.24, 2.45) is 11.5 Å². The van der Waals surface area contributed by atoms with Crippen LogP contribution in [0.15, 0.2) is 18.2 Å². The summed E-state index contributed by atoms with van der Waals surface area (Å²) in [5, 5.41) is 1.04. The Morgan fingerprint density at radius 2 is 1.89 bits per heavy atom. The Labute approximate surface area is 113 Å². The van der Waals surface area contributed by atoms with Crippen LogP contribution in [0, 0.1) is 0 Å². The molecule has 2 rings (SSSR count). The predicted octanol–water partition coefficient (Wildman–Crippen LogP) is 2.18. The predicted molar refractivity (Wildman–Crippen MR) is 77.4 cm³/mol. The first-order chi connectivity index (χ1) is 8.65. The highest BCUT2D eigenvalue weighted by molar-refractivity contribution is 6.35. The smallest absolute Gasteiger partial charge is 0.169 e. The fraction of sp³-hybridized carbons (Fsp3) is 0.571. The third-order valence-electron chi connectivity index (χ3n) is 2.79. The summed E-state index contributed by atoms with van der Waals surface area (Å²) in [6.45, 7) is 2.22. The van der Waals surface area contributed by atoms with Gasteiger partial charge in [0.25, 0.3) is 0 Å². The number of benzene rings is 1. The first kappa shape index (κ1) is 15.2. The molecule has 3 radical (unpaired) electrons. The molecule has 1 aliphatic heterocycles. The summed E-state index contributed by atoms with van der Waals surface area (Å²) >= 11 is 0. The van der Waals surface area contributed by atoms with Crippen molar-refractivity contribution >= 4 is 15.4 Å². The van der Waals surface area contributed by atoms with Crippen molar-refractivity contribution in [2.45, 2.75) is 51.6 Å². The van der Waals surface area contributed by atoms with E-state index in [1.54, 1.807) is 0 Å². The molecule has 0 fully saturated rings. The molecule has 0 unspecified atom stereocenters. The van der Waals surface area contributed by atoms with Crippen LogP contribution < -0.4 is 21.4 Å². The molecule has 99 valence electrons. The Morgan fingerprint density at radius 1 is 1.17 bits per heavy atom. The van der Waals surface area contributed by atoms with Gasteiger partial charge in [-0.1, -0.05) is 51.2 Å². The first-order valence-corrected chi connectivity index (χ1v) is 7.18. The van der Waals surface area contributed by atoms with Crippen molar-refractivity contribution in [1.29, 1.82) is 0 Å². The fourth-order valence-electron chi connectivity index (χ4n) is 1.67. The molecule has 0 aromatic heterocycles. The Balaban J connectivity index is 0.000000182. The molecule has 1 aliphatic rings. The number of ether oxygens (including phenoxy) is 1. The second kappa shape index (κ2) is 8.29. The molecule has 0 saturated carbocycles. The Bertz CT molecular complexity index is 356. The normalized spacial score (nSPS) is 11.4. The summed E-state index contributed by atoms with van der Waals surface area (Å²) < 4.78 is 5.02. The van der Waals surface area contributed by atoms with Crippen LogP contribution >= 0.6 is 0 Å². The van der Waals surface area contributed by atoms with Crippen LogP contribution in [0.25, 0.3) is 0 Å². The van der Waals surface area contributed by atoms with Crippen LogP contribution in [0.2, 0.25) is 0 Å².